The van der Waals surface area contributed by atoms with Crippen molar-refractivity contribution in [3.05, 3.63) is 58.1 Å². The molecular weight excluding hydrogens is 485 g/mol. The summed E-state index contributed by atoms with van der Waals surface area (Å²) < 4.78 is 40.4. The van der Waals surface area contributed by atoms with E-state index in [-0.39, 0.29) is 18.4 Å². The average Bonchev–Trinajstić information content (AvgIpc) is 2.75. The molecule has 3 aliphatic rings. The van der Waals surface area contributed by atoms with E-state index in [2.05, 4.69) is 6.58 Å². The number of aliphatic hydroxyl groups is 3. The van der Waals surface area contributed by atoms with Crippen molar-refractivity contribution in [2.45, 2.75) is 30.7 Å². The lowest BCUT2D eigenvalue weighted by atomic mass is 9.58. The molecule has 3 aliphatic carbocycles. The molecule has 0 fully saturated rings. The fourth-order valence-electron chi connectivity index (χ4n) is 5.69. The number of fused-ring (bicyclic) bond motifs is 3. The predicted molar refractivity (Wildman–Crippen MR) is 119 cm³/mol. The number of phenols is 1. The molecule has 0 heterocycles. The van der Waals surface area contributed by atoms with Crippen LogP contribution in [0.15, 0.2) is 41.4 Å². The fourth-order valence-corrected chi connectivity index (χ4v) is 5.69. The van der Waals surface area contributed by atoms with Crippen molar-refractivity contribution >= 4 is 23.0 Å². The van der Waals surface area contributed by atoms with E-state index >= 15 is 0 Å². The summed E-state index contributed by atoms with van der Waals surface area (Å²) in [5.74, 6) is -8.60. The zero-order chi connectivity index (χ0) is 27.1. The molecule has 1 aromatic rings. The maximum Gasteiger partial charge on any atom is 0.416 e. The minimum atomic E-state index is -4.83. The average molecular weight is 508 g/mol. The molecule has 9 nitrogen and oxygen atoms in total. The zero-order valence-electron chi connectivity index (χ0n) is 19.2. The van der Waals surface area contributed by atoms with E-state index in [1.807, 2.05) is 0 Å². The molecule has 192 valence electrons. The Hall–Kier alpha value is -3.64. The molecule has 0 unspecified atom stereocenters. The number of carbonyl (C=O) groups is 3. The van der Waals surface area contributed by atoms with Gasteiger partial charge in [-0.25, -0.2) is 0 Å². The molecule has 6 N–H and O–H groups in total. The number of nitrogens with zero attached hydrogens (tertiary/aromatic N) is 1. The fraction of sp³-hybridized carbons (Fsp3) is 0.375. The van der Waals surface area contributed by atoms with Crippen LogP contribution in [0, 0.1) is 11.8 Å². The van der Waals surface area contributed by atoms with E-state index in [4.69, 9.17) is 5.73 Å². The maximum atomic E-state index is 13.5. The van der Waals surface area contributed by atoms with Crippen molar-refractivity contribution in [1.29, 1.82) is 0 Å². The lowest BCUT2D eigenvalue weighted by Crippen LogP contribution is -2.63. The van der Waals surface area contributed by atoms with Crippen LogP contribution in [0.1, 0.15) is 27.9 Å². The lowest BCUT2D eigenvalue weighted by molar-refractivity contribution is -0.148. The number of benzene rings is 1. The maximum absolute atomic E-state index is 13.5. The predicted octanol–water partition coefficient (Wildman–Crippen LogP) is 1.70. The molecule has 0 aromatic heterocycles. The van der Waals surface area contributed by atoms with Crippen molar-refractivity contribution in [1.82, 2.24) is 4.90 Å². The summed E-state index contributed by atoms with van der Waals surface area (Å²) in [4.78, 5) is 40.0. The minimum absolute atomic E-state index is 0.143. The van der Waals surface area contributed by atoms with Crippen molar-refractivity contribution in [3.8, 4) is 5.75 Å². The standard InChI is InChI=1S/C24H23F3N2O7/c1-8(24(25,26)27)10-4-5-13(30)15-11(10)6-9-7-12-17(29(2)3)19(32)16(22(28)35)21(34)23(12,36)20(33)14(9)18(15)31/h4-5,9,12,17,30,32-33,36H,1,6-7H2,2-3H3,(H2,28,35)/t9-,12-,17-,23-/m0/s1. The van der Waals surface area contributed by atoms with E-state index in [1.54, 1.807) is 0 Å². The number of hydrogen-bond acceptors (Lipinski definition) is 8. The molecule has 4 atom stereocenters. The molecule has 1 amide bonds. The second-order valence-corrected chi connectivity index (χ2v) is 9.43. The Morgan fingerprint density at radius 2 is 1.81 bits per heavy atom. The van der Waals surface area contributed by atoms with Gasteiger partial charge in [0.2, 0.25) is 5.78 Å². The summed E-state index contributed by atoms with van der Waals surface area (Å²) in [6.07, 6.45) is -5.33. The number of Topliss-reactive ketones (excluding diaryl/α,β-unsaturated/α-hetero) is 2. The van der Waals surface area contributed by atoms with Crippen LogP contribution in [0.4, 0.5) is 13.2 Å². The van der Waals surface area contributed by atoms with Crippen LogP contribution in [0.25, 0.3) is 5.57 Å². The number of nitrogens with two attached hydrogens (primary N) is 1. The normalized spacial score (nSPS) is 28.1. The Bertz CT molecular complexity index is 1310. The highest BCUT2D eigenvalue weighted by Crippen LogP contribution is 2.53. The summed E-state index contributed by atoms with van der Waals surface area (Å²) >= 11 is 0. The van der Waals surface area contributed by atoms with Crippen LogP contribution < -0.4 is 5.73 Å². The van der Waals surface area contributed by atoms with Gasteiger partial charge in [0.15, 0.2) is 11.4 Å². The molecule has 0 aliphatic heterocycles. The Labute approximate surface area is 202 Å². The number of ketones is 2. The molecular formula is C24H23F3N2O7. The molecule has 0 spiro atoms. The highest BCUT2D eigenvalue weighted by molar-refractivity contribution is 6.24. The number of primary amides is 1. The van der Waals surface area contributed by atoms with E-state index in [1.165, 1.54) is 19.0 Å². The number of rotatable bonds is 3. The van der Waals surface area contributed by atoms with Gasteiger partial charge in [-0.3, -0.25) is 19.3 Å². The molecule has 1 aromatic carbocycles. The number of likely N-dealkylation sites (N-methyl/N-ethyl adjacent to an activating group) is 1. The second kappa shape index (κ2) is 7.93. The first kappa shape index (κ1) is 25.5. The first-order valence-electron chi connectivity index (χ1n) is 10.8. The Morgan fingerprint density at radius 1 is 1.19 bits per heavy atom. The quantitative estimate of drug-likeness (QED) is 0.386. The topological polar surface area (TPSA) is 161 Å². The number of aliphatic hydroxyl groups excluding tert-OH is 2. The van der Waals surface area contributed by atoms with Gasteiger partial charge in [0.05, 0.1) is 17.2 Å². The summed E-state index contributed by atoms with van der Waals surface area (Å²) in [6, 6.07) is 0.677. The minimum Gasteiger partial charge on any atom is -0.510 e. The van der Waals surface area contributed by atoms with Gasteiger partial charge in [0, 0.05) is 11.5 Å². The molecule has 0 saturated carbocycles. The van der Waals surface area contributed by atoms with Crippen molar-refractivity contribution in [3.63, 3.8) is 0 Å². The van der Waals surface area contributed by atoms with Gasteiger partial charge in [0.1, 0.15) is 22.8 Å². The smallest absolute Gasteiger partial charge is 0.416 e. The Balaban J connectivity index is 1.97. The lowest BCUT2D eigenvalue weighted by Gasteiger charge is -2.50. The largest absolute Gasteiger partial charge is 0.510 e. The number of halogens is 3. The van der Waals surface area contributed by atoms with Gasteiger partial charge in [-0.05, 0) is 50.0 Å². The van der Waals surface area contributed by atoms with Crippen LogP contribution in [0.5, 0.6) is 5.75 Å². The molecule has 0 radical (unpaired) electrons. The highest BCUT2D eigenvalue weighted by atomic mass is 19.4. The third-order valence-electron chi connectivity index (χ3n) is 7.27. The van der Waals surface area contributed by atoms with Crippen LogP contribution in [-0.4, -0.2) is 74.7 Å². The summed E-state index contributed by atoms with van der Waals surface area (Å²) in [5, 5.41) is 43.7. The van der Waals surface area contributed by atoms with E-state index in [9.17, 15) is 48.0 Å². The van der Waals surface area contributed by atoms with E-state index in [0.29, 0.717) is 0 Å². The molecule has 36 heavy (non-hydrogen) atoms. The third-order valence-corrected chi connectivity index (χ3v) is 7.27. The SMILES string of the molecule is C=C(c1ccc(O)c2c1C[C@H]1C[C@H]3[C@H](N(C)C)C(O)=C(C(N)=O)C(=O)[C@@]3(O)C(O)=C1C2=O)C(F)(F)F. The number of hydrogen-bond donors (Lipinski definition) is 5. The molecule has 4 rings (SSSR count). The van der Waals surface area contributed by atoms with Crippen LogP contribution in [-0.2, 0) is 16.0 Å². The number of alkyl halides is 3. The van der Waals surface area contributed by atoms with Gasteiger partial charge >= 0.3 is 6.18 Å². The molecule has 12 heteroatoms. The van der Waals surface area contributed by atoms with Gasteiger partial charge < -0.3 is 26.2 Å². The number of allylic oxidation sites excluding steroid dienone is 2. The summed E-state index contributed by atoms with van der Waals surface area (Å²) in [5.41, 5.74) is -1.28. The van der Waals surface area contributed by atoms with Crippen molar-refractivity contribution < 1.29 is 48.0 Å². The third kappa shape index (κ3) is 3.28. The first-order chi connectivity index (χ1) is 16.5. The van der Waals surface area contributed by atoms with Crippen molar-refractivity contribution in [2.75, 3.05) is 14.1 Å². The molecule has 0 saturated heterocycles. The number of carbonyl (C=O) groups excluding carboxylic acids is 3. The monoisotopic (exact) mass is 508 g/mol. The van der Waals surface area contributed by atoms with Gasteiger partial charge in [0.25, 0.3) is 5.91 Å². The van der Waals surface area contributed by atoms with Crippen LogP contribution >= 0.6 is 0 Å². The summed E-state index contributed by atoms with van der Waals surface area (Å²) in [6.45, 7) is 3.08. The highest BCUT2D eigenvalue weighted by Gasteiger charge is 2.63. The number of phenolic OH excluding ortho intramolecular Hbond substituents is 1. The Morgan fingerprint density at radius 3 is 2.33 bits per heavy atom. The van der Waals surface area contributed by atoms with Crippen molar-refractivity contribution in [2.24, 2.45) is 17.6 Å². The van der Waals surface area contributed by atoms with Crippen LogP contribution in [0.2, 0.25) is 0 Å². The van der Waals surface area contributed by atoms with Gasteiger partial charge in [-0.15, -0.1) is 0 Å². The van der Waals surface area contributed by atoms with Gasteiger partial charge in [-0.1, -0.05) is 12.6 Å². The zero-order valence-corrected chi connectivity index (χ0v) is 19.2. The number of aromatic hydroxyl groups is 1. The number of amides is 1. The van der Waals surface area contributed by atoms with E-state index < -0.39 is 92.2 Å². The summed E-state index contributed by atoms with van der Waals surface area (Å²) in [7, 11) is 2.94. The van der Waals surface area contributed by atoms with Gasteiger partial charge in [-0.2, -0.15) is 13.2 Å². The van der Waals surface area contributed by atoms with E-state index in [0.717, 1.165) is 12.1 Å². The first-order valence-corrected chi connectivity index (χ1v) is 10.8. The second-order valence-electron chi connectivity index (χ2n) is 9.43. The Kier molecular flexibility index (Phi) is 5.61. The van der Waals surface area contributed by atoms with Crippen LogP contribution in [0.3, 0.4) is 0 Å². The molecule has 0 bridgehead atoms.